The van der Waals surface area contributed by atoms with Crippen LogP contribution in [0, 0.1) is 12.1 Å². The molecule has 7 aromatic carbocycles. The zero-order valence-corrected chi connectivity index (χ0v) is 39.0. The van der Waals surface area contributed by atoms with Gasteiger partial charge in [-0.2, -0.15) is 65.7 Å². The Kier molecular flexibility index (Phi) is 16.7. The van der Waals surface area contributed by atoms with E-state index in [1.165, 1.54) is 83.1 Å². The number of hydrogen-bond donors (Lipinski definition) is 0. The Morgan fingerprint density at radius 2 is 0.912 bits per heavy atom. The molecule has 0 saturated heterocycles. The van der Waals surface area contributed by atoms with Gasteiger partial charge in [0.1, 0.15) is 0 Å². The largest absolute Gasteiger partial charge is 0.214 e. The summed E-state index contributed by atoms with van der Waals surface area (Å²) in [5.74, 6) is 0. The summed E-state index contributed by atoms with van der Waals surface area (Å²) in [4.78, 5) is 0. The summed E-state index contributed by atoms with van der Waals surface area (Å²) in [6.07, 6.45) is 2.07. The first kappa shape index (κ1) is 46.3. The maximum absolute atomic E-state index is 5.98. The summed E-state index contributed by atoms with van der Waals surface area (Å²) in [6, 6.07) is 59.3. The Morgan fingerprint density at radius 3 is 1.26 bits per heavy atom. The van der Waals surface area contributed by atoms with E-state index in [1.807, 2.05) is 66.7 Å². The van der Waals surface area contributed by atoms with E-state index in [0.29, 0.717) is 0 Å². The van der Waals surface area contributed by atoms with Crippen LogP contribution in [0.3, 0.4) is 0 Å². The summed E-state index contributed by atoms with van der Waals surface area (Å²) < 4.78 is 1.26. The van der Waals surface area contributed by atoms with E-state index in [9.17, 15) is 0 Å². The van der Waals surface area contributed by atoms with E-state index < -0.39 is 0 Å². The van der Waals surface area contributed by atoms with E-state index in [2.05, 4.69) is 139 Å². The van der Waals surface area contributed by atoms with Gasteiger partial charge in [0.2, 0.25) is 0 Å². The van der Waals surface area contributed by atoms with Crippen LogP contribution >= 0.6 is 48.0 Å². The molecule has 0 aliphatic heterocycles. The predicted octanol–water partition coefficient (Wildman–Crippen LogP) is 15.1. The van der Waals surface area contributed by atoms with Crippen LogP contribution in [-0.4, -0.2) is 3.21 Å². The SMILES string of the molecule is CC(C)(C)c1[c-]c2c(cc1)-c1ccccc1C2.CC(C)(C)c1[c-]c2c(cc1)-c1ccccc1C2.Cl.Cl.Clc1cccc([C](=[Zr])c2cccc(Cl)c2)c1.c1cc[cH-]c1. The van der Waals surface area contributed by atoms with Gasteiger partial charge in [-0.25, -0.2) is 12.1 Å². The topological polar surface area (TPSA) is 0 Å². The maximum Gasteiger partial charge on any atom is -0.172 e. The standard InChI is InChI=1S/2C17H17.C13H8Cl2.C5H5.2ClH.Zr/c2*1-17(2,3)14-8-9-16-13(11-14)10-12-6-4-5-7-15(12)16;14-12-5-1-3-10(8-12)7-11-4-2-6-13(15)9-11;1-2-4-5-3-1;;;/h2*4-9H,10H2,1-3H3;1-6,8-9H;1-5H;2*1H;/q2*-1;;-1;;;. The molecular weight excluding hydrogens is 858 g/mol. The van der Waals surface area contributed by atoms with Crippen molar-refractivity contribution in [3.8, 4) is 22.3 Å². The second kappa shape index (κ2) is 20.5. The third-order valence-electron chi connectivity index (χ3n) is 9.80. The first-order valence-corrected chi connectivity index (χ1v) is 20.8. The summed E-state index contributed by atoms with van der Waals surface area (Å²) in [6.45, 7) is 13.5. The average Bonchev–Trinajstić information content (AvgIpc) is 3.94. The maximum atomic E-state index is 5.98. The van der Waals surface area contributed by atoms with Gasteiger partial charge < -0.3 is 0 Å². The van der Waals surface area contributed by atoms with Gasteiger partial charge in [0.05, 0.1) is 0 Å². The molecule has 57 heavy (non-hydrogen) atoms. The molecule has 0 unspecified atom stereocenters. The Hall–Kier alpha value is -3.42. The third kappa shape index (κ3) is 12.1. The van der Waals surface area contributed by atoms with E-state index in [-0.39, 0.29) is 35.6 Å². The van der Waals surface area contributed by atoms with Crippen molar-refractivity contribution in [3.63, 3.8) is 0 Å². The van der Waals surface area contributed by atoms with Gasteiger partial charge in [0.25, 0.3) is 0 Å². The van der Waals surface area contributed by atoms with Crippen LogP contribution in [-0.2, 0) is 47.9 Å². The Balaban J connectivity index is 0.000000175. The fraction of sp³-hybridized carbons (Fsp3) is 0.192. The van der Waals surface area contributed by atoms with Crippen molar-refractivity contribution >= 4 is 51.2 Å². The molecule has 0 atom stereocenters. The van der Waals surface area contributed by atoms with Crippen LogP contribution in [0.1, 0.15) is 86.1 Å². The van der Waals surface area contributed by atoms with Gasteiger partial charge in [0.15, 0.2) is 0 Å². The van der Waals surface area contributed by atoms with E-state index in [1.54, 1.807) is 0 Å². The minimum absolute atomic E-state index is 0. The number of rotatable bonds is 2. The molecule has 0 nitrogen and oxygen atoms in total. The molecule has 2 aliphatic carbocycles. The normalized spacial score (nSPS) is 11.5. The Labute approximate surface area is 378 Å². The summed E-state index contributed by atoms with van der Waals surface area (Å²) in [5.41, 5.74) is 16.4. The van der Waals surface area contributed by atoms with Crippen LogP contribution in [0.25, 0.3) is 22.3 Å². The summed E-state index contributed by atoms with van der Waals surface area (Å²) >= 11 is 13.3. The van der Waals surface area contributed by atoms with E-state index >= 15 is 0 Å². The first-order chi connectivity index (χ1) is 26.3. The number of fused-ring (bicyclic) bond motifs is 6. The molecule has 292 valence electrons. The van der Waals surface area contributed by atoms with Gasteiger partial charge in [0, 0.05) is 0 Å². The van der Waals surface area contributed by atoms with E-state index in [0.717, 1.165) is 34.0 Å². The number of hydrogen-bond acceptors (Lipinski definition) is 0. The first-order valence-electron chi connectivity index (χ1n) is 18.8. The van der Waals surface area contributed by atoms with Gasteiger partial charge in [-0.1, -0.05) is 112 Å². The molecule has 2 aliphatic rings. The van der Waals surface area contributed by atoms with Crippen LogP contribution in [0.5, 0.6) is 0 Å². The number of benzene rings is 6. The van der Waals surface area contributed by atoms with Crippen LogP contribution in [0.4, 0.5) is 0 Å². The molecule has 5 heteroatoms. The minimum atomic E-state index is 0. The molecule has 0 saturated carbocycles. The monoisotopic (exact) mass is 903 g/mol. The van der Waals surface area contributed by atoms with Gasteiger partial charge >= 0.3 is 120 Å². The smallest absolute Gasteiger partial charge is 0.172 e. The van der Waals surface area contributed by atoms with Crippen molar-refractivity contribution in [1.29, 1.82) is 0 Å². The molecule has 0 spiro atoms. The van der Waals surface area contributed by atoms with Gasteiger partial charge in [-0.05, 0) is 23.7 Å². The zero-order valence-electron chi connectivity index (χ0n) is 33.4. The quantitative estimate of drug-likeness (QED) is 0.152. The fourth-order valence-electron chi connectivity index (χ4n) is 6.77. The van der Waals surface area contributed by atoms with Crippen molar-refractivity contribution in [3.05, 3.63) is 218 Å². The van der Waals surface area contributed by atoms with E-state index in [4.69, 9.17) is 23.2 Å². The van der Waals surface area contributed by atoms with Crippen molar-refractivity contribution < 1.29 is 24.2 Å². The molecule has 7 aromatic rings. The van der Waals surface area contributed by atoms with Crippen LogP contribution in [0.2, 0.25) is 10.0 Å². The molecule has 0 fully saturated rings. The third-order valence-corrected chi connectivity index (χ3v) is 11.7. The van der Waals surface area contributed by atoms with Crippen molar-refractivity contribution in [2.75, 3.05) is 0 Å². The fourth-order valence-corrected chi connectivity index (χ4v) is 7.91. The summed E-state index contributed by atoms with van der Waals surface area (Å²) in [7, 11) is 0. The molecule has 0 amide bonds. The second-order valence-corrected chi connectivity index (χ2v) is 18.2. The molecule has 9 rings (SSSR count). The molecule has 0 bridgehead atoms. The molecule has 0 radical (unpaired) electrons. The average molecular weight is 907 g/mol. The Morgan fingerprint density at radius 1 is 0.509 bits per heavy atom. The molecule has 0 aromatic heterocycles. The van der Waals surface area contributed by atoms with Crippen molar-refractivity contribution in [2.45, 2.75) is 65.2 Å². The predicted molar refractivity (Wildman–Crippen MR) is 247 cm³/mol. The molecule has 0 heterocycles. The van der Waals surface area contributed by atoms with Crippen molar-refractivity contribution in [1.82, 2.24) is 0 Å². The van der Waals surface area contributed by atoms with Crippen molar-refractivity contribution in [2.24, 2.45) is 0 Å². The summed E-state index contributed by atoms with van der Waals surface area (Å²) in [5, 5.41) is 1.53. The van der Waals surface area contributed by atoms with Crippen LogP contribution < -0.4 is 0 Å². The zero-order chi connectivity index (χ0) is 39.2. The second-order valence-electron chi connectivity index (χ2n) is 16.1. The van der Waals surface area contributed by atoms with Gasteiger partial charge in [-0.3, -0.25) is 0 Å². The molecular formula is C52H49Cl4Zr-3. The van der Waals surface area contributed by atoms with Crippen LogP contribution in [0.15, 0.2) is 152 Å². The number of halogens is 4. The minimum Gasteiger partial charge on any atom is -0.214 e. The Bertz CT molecular complexity index is 2220. The van der Waals surface area contributed by atoms with Gasteiger partial charge in [-0.15, -0.1) is 47.1 Å². The molecule has 0 N–H and O–H groups in total.